The average Bonchev–Trinajstić information content (AvgIpc) is 3.02. The van der Waals surface area contributed by atoms with E-state index in [4.69, 9.17) is 28.9 Å². The number of nitrogen functional groups attached to an aromatic ring is 1. The number of para-hydroxylation sites is 2. The van der Waals surface area contributed by atoms with Crippen molar-refractivity contribution in [3.8, 4) is 0 Å². The molecule has 1 atom stereocenters. The Morgan fingerprint density at radius 2 is 1.82 bits per heavy atom. The van der Waals surface area contributed by atoms with Crippen molar-refractivity contribution in [2.45, 2.75) is 25.0 Å². The number of fused-ring (bicyclic) bond motifs is 1. The molecule has 4 rings (SSSR count). The number of anilines is 1. The molecule has 8 heteroatoms. The number of aliphatic hydroxyl groups excluding tert-OH is 1. The minimum absolute atomic E-state index is 0.0640. The summed E-state index contributed by atoms with van der Waals surface area (Å²) in [6.45, 7) is 2.07. The van der Waals surface area contributed by atoms with Crippen LogP contribution in [-0.4, -0.2) is 39.2 Å². The van der Waals surface area contributed by atoms with Gasteiger partial charge in [0.15, 0.2) is 0 Å². The minimum atomic E-state index is -0.706. The van der Waals surface area contributed by atoms with Crippen molar-refractivity contribution >= 4 is 39.9 Å². The number of nitrogens with one attached hydrogen (secondary N) is 1. The van der Waals surface area contributed by atoms with Crippen LogP contribution < -0.4 is 11.4 Å². The van der Waals surface area contributed by atoms with Gasteiger partial charge in [0.05, 0.1) is 32.9 Å². The molecule has 4 N–H and O–H groups in total. The fraction of sp³-hybridized carbons (Fsp3) is 0.350. The number of rotatable bonds is 4. The van der Waals surface area contributed by atoms with Crippen LogP contribution in [0.1, 0.15) is 30.6 Å². The van der Waals surface area contributed by atoms with Crippen LogP contribution in [0.3, 0.4) is 0 Å². The van der Waals surface area contributed by atoms with Gasteiger partial charge >= 0.3 is 5.69 Å². The third kappa shape index (κ3) is 3.65. The predicted octanol–water partition coefficient (Wildman–Crippen LogP) is 3.59. The van der Waals surface area contributed by atoms with Crippen LogP contribution in [-0.2, 0) is 0 Å². The Kier molecular flexibility index (Phi) is 5.38. The van der Waals surface area contributed by atoms with Crippen molar-refractivity contribution in [3.63, 3.8) is 0 Å². The van der Waals surface area contributed by atoms with Gasteiger partial charge in [-0.25, -0.2) is 4.79 Å². The van der Waals surface area contributed by atoms with Gasteiger partial charge in [-0.3, -0.25) is 4.57 Å². The number of hydrogen-bond acceptors (Lipinski definition) is 4. The first-order chi connectivity index (χ1) is 13.4. The average molecular weight is 421 g/mol. The van der Waals surface area contributed by atoms with Crippen LogP contribution in [0.2, 0.25) is 10.0 Å². The minimum Gasteiger partial charge on any atom is -0.396 e. The summed E-state index contributed by atoms with van der Waals surface area (Å²) in [4.78, 5) is 17.5. The maximum atomic E-state index is 12.4. The number of benzene rings is 2. The van der Waals surface area contributed by atoms with E-state index in [1.165, 1.54) is 0 Å². The molecule has 1 fully saturated rings. The van der Waals surface area contributed by atoms with Gasteiger partial charge in [-0.15, -0.1) is 0 Å². The Bertz CT molecular complexity index is 1030. The third-order valence-corrected chi connectivity index (χ3v) is 6.09. The fourth-order valence-corrected chi connectivity index (χ4v) is 4.45. The van der Waals surface area contributed by atoms with E-state index in [1.807, 2.05) is 28.8 Å². The first kappa shape index (κ1) is 19.3. The molecule has 3 aromatic rings. The van der Waals surface area contributed by atoms with Crippen LogP contribution >= 0.6 is 23.2 Å². The van der Waals surface area contributed by atoms with Crippen molar-refractivity contribution in [1.82, 2.24) is 14.5 Å². The molecule has 0 aliphatic carbocycles. The molecular formula is C20H22Cl2N4O2. The standard InChI is InChI=1S/C20H22Cl2N4O2/c21-14-9-12(10-15(22)19(14)23)18(27)11-25-7-5-13(6-8-25)26-17-4-2-1-3-16(17)24-20(26)28/h1-4,9-10,13,18,27H,5-8,11,23H2,(H,24,28). The highest BCUT2D eigenvalue weighted by Crippen LogP contribution is 2.32. The van der Waals surface area contributed by atoms with Gasteiger partial charge in [-0.05, 0) is 42.7 Å². The van der Waals surface area contributed by atoms with Crippen molar-refractivity contribution < 1.29 is 5.11 Å². The van der Waals surface area contributed by atoms with E-state index in [1.54, 1.807) is 12.1 Å². The molecule has 0 saturated carbocycles. The van der Waals surface area contributed by atoms with Gasteiger partial charge in [-0.1, -0.05) is 35.3 Å². The highest BCUT2D eigenvalue weighted by molar-refractivity contribution is 6.38. The third-order valence-electron chi connectivity index (χ3n) is 5.46. The number of nitrogens with two attached hydrogens (primary N) is 1. The van der Waals surface area contributed by atoms with Crippen molar-refractivity contribution in [1.29, 1.82) is 0 Å². The number of halogens is 2. The lowest BCUT2D eigenvalue weighted by Gasteiger charge is -2.33. The molecular weight excluding hydrogens is 399 g/mol. The number of β-amino-alcohol motifs (C(OH)–C–C–N with tert-alkyl or cyclic N) is 1. The van der Waals surface area contributed by atoms with E-state index in [9.17, 15) is 9.90 Å². The summed E-state index contributed by atoms with van der Waals surface area (Å²) in [5, 5.41) is 11.3. The number of aliphatic hydroxyl groups is 1. The monoisotopic (exact) mass is 420 g/mol. The van der Waals surface area contributed by atoms with E-state index < -0.39 is 6.10 Å². The number of aromatic nitrogens is 2. The molecule has 1 unspecified atom stereocenters. The number of piperidine rings is 1. The first-order valence-electron chi connectivity index (χ1n) is 9.28. The van der Waals surface area contributed by atoms with E-state index in [0.717, 1.165) is 37.0 Å². The van der Waals surface area contributed by atoms with Crippen LogP contribution in [0.25, 0.3) is 11.0 Å². The summed E-state index contributed by atoms with van der Waals surface area (Å²) in [5.74, 6) is 0. The lowest BCUT2D eigenvalue weighted by molar-refractivity contribution is 0.0907. The largest absolute Gasteiger partial charge is 0.396 e. The maximum absolute atomic E-state index is 12.4. The highest BCUT2D eigenvalue weighted by Gasteiger charge is 2.25. The van der Waals surface area contributed by atoms with Gasteiger partial charge in [0.2, 0.25) is 0 Å². The zero-order valence-electron chi connectivity index (χ0n) is 15.2. The Morgan fingerprint density at radius 1 is 1.18 bits per heavy atom. The summed E-state index contributed by atoms with van der Waals surface area (Å²) in [6.07, 6.45) is 0.984. The second kappa shape index (κ2) is 7.79. The quantitative estimate of drug-likeness (QED) is 0.562. The SMILES string of the molecule is Nc1c(Cl)cc(C(O)CN2CCC(n3c(=O)[nH]c4ccccc43)CC2)cc1Cl. The van der Waals surface area contributed by atoms with Gasteiger partial charge in [-0.2, -0.15) is 0 Å². The van der Waals surface area contributed by atoms with Crippen molar-refractivity contribution in [2.24, 2.45) is 0 Å². The normalized spacial score (nSPS) is 17.2. The topological polar surface area (TPSA) is 87.3 Å². The van der Waals surface area contributed by atoms with Gasteiger partial charge in [0.25, 0.3) is 0 Å². The molecule has 1 saturated heterocycles. The summed E-state index contributed by atoms with van der Waals surface area (Å²) >= 11 is 12.2. The number of aromatic amines is 1. The molecule has 0 bridgehead atoms. The predicted molar refractivity (Wildman–Crippen MR) is 113 cm³/mol. The zero-order chi connectivity index (χ0) is 19.8. The van der Waals surface area contributed by atoms with E-state index in [-0.39, 0.29) is 11.7 Å². The number of H-pyrrole nitrogens is 1. The lowest BCUT2D eigenvalue weighted by atomic mass is 10.0. The molecule has 0 radical (unpaired) electrons. The number of nitrogens with zero attached hydrogens (tertiary/aromatic N) is 2. The molecule has 1 aromatic heterocycles. The smallest absolute Gasteiger partial charge is 0.326 e. The Hall–Kier alpha value is -1.99. The lowest BCUT2D eigenvalue weighted by Crippen LogP contribution is -2.39. The molecule has 6 nitrogen and oxygen atoms in total. The molecule has 1 aliphatic rings. The maximum Gasteiger partial charge on any atom is 0.326 e. The Labute approximate surface area is 172 Å². The second-order valence-electron chi connectivity index (χ2n) is 7.26. The number of likely N-dealkylation sites (tertiary alicyclic amines) is 1. The molecule has 1 aliphatic heterocycles. The summed E-state index contributed by atoms with van der Waals surface area (Å²) in [7, 11) is 0. The van der Waals surface area contributed by atoms with E-state index in [2.05, 4.69) is 9.88 Å². The highest BCUT2D eigenvalue weighted by atomic mass is 35.5. The molecule has 0 amide bonds. The Morgan fingerprint density at radius 3 is 2.50 bits per heavy atom. The number of imidazole rings is 1. The van der Waals surface area contributed by atoms with Crippen molar-refractivity contribution in [3.05, 3.63) is 62.5 Å². The van der Waals surface area contributed by atoms with Crippen molar-refractivity contribution in [2.75, 3.05) is 25.4 Å². The molecule has 0 spiro atoms. The zero-order valence-corrected chi connectivity index (χ0v) is 16.7. The number of hydrogen-bond donors (Lipinski definition) is 3. The first-order valence-corrected chi connectivity index (χ1v) is 10.0. The molecule has 2 heterocycles. The molecule has 148 valence electrons. The van der Waals surface area contributed by atoms with E-state index in [0.29, 0.717) is 27.8 Å². The summed E-state index contributed by atoms with van der Waals surface area (Å²) in [5.41, 5.74) is 8.48. The van der Waals surface area contributed by atoms with Gasteiger partial charge < -0.3 is 20.7 Å². The summed E-state index contributed by atoms with van der Waals surface area (Å²) in [6, 6.07) is 11.2. The molecule has 2 aromatic carbocycles. The Balaban J connectivity index is 1.43. The van der Waals surface area contributed by atoms with Gasteiger partial charge in [0, 0.05) is 25.7 Å². The fourth-order valence-electron chi connectivity index (χ4n) is 3.94. The van der Waals surface area contributed by atoms with Crippen LogP contribution in [0.5, 0.6) is 0 Å². The van der Waals surface area contributed by atoms with E-state index >= 15 is 0 Å². The summed E-state index contributed by atoms with van der Waals surface area (Å²) < 4.78 is 1.86. The molecule has 28 heavy (non-hydrogen) atoms. The second-order valence-corrected chi connectivity index (χ2v) is 8.08. The van der Waals surface area contributed by atoms with Crippen LogP contribution in [0, 0.1) is 0 Å². The van der Waals surface area contributed by atoms with Gasteiger partial charge in [0.1, 0.15) is 0 Å². The van der Waals surface area contributed by atoms with Crippen LogP contribution in [0.15, 0.2) is 41.2 Å². The van der Waals surface area contributed by atoms with Crippen LogP contribution in [0.4, 0.5) is 5.69 Å².